The van der Waals surface area contributed by atoms with E-state index in [0.29, 0.717) is 5.92 Å². The van der Waals surface area contributed by atoms with Crippen LogP contribution in [0, 0.1) is 17.7 Å². The second-order valence-corrected chi connectivity index (χ2v) is 9.61. The number of nitrogens with zero attached hydrogens (tertiary/aromatic N) is 1. The van der Waals surface area contributed by atoms with E-state index in [9.17, 15) is 9.18 Å². The van der Waals surface area contributed by atoms with Crippen molar-refractivity contribution < 1.29 is 13.9 Å². The lowest BCUT2D eigenvalue weighted by molar-refractivity contribution is 0.0828. The van der Waals surface area contributed by atoms with Gasteiger partial charge in [0.2, 0.25) is 0 Å². The molecule has 4 rings (SSSR count). The summed E-state index contributed by atoms with van der Waals surface area (Å²) in [6, 6.07) is 17.8. The number of benzene rings is 2. The SMILES string of the molecule is COC(=O)N[C@H]1CCC[C@@H]1[C@](C)(c1cccc(F)c1)C1CCN(Cc2ccccc2)CC1. The van der Waals surface area contributed by atoms with Crippen molar-refractivity contribution in [3.8, 4) is 0 Å². The summed E-state index contributed by atoms with van der Waals surface area (Å²) < 4.78 is 19.2. The number of methoxy groups -OCH3 is 1. The monoisotopic (exact) mass is 438 g/mol. The highest BCUT2D eigenvalue weighted by Crippen LogP contribution is 2.50. The molecule has 2 aliphatic rings. The van der Waals surface area contributed by atoms with Gasteiger partial charge in [-0.1, -0.05) is 55.8 Å². The second-order valence-electron chi connectivity index (χ2n) is 9.61. The summed E-state index contributed by atoms with van der Waals surface area (Å²) in [5, 5.41) is 3.08. The number of hydrogen-bond acceptors (Lipinski definition) is 3. The number of halogens is 1. The van der Waals surface area contributed by atoms with E-state index in [-0.39, 0.29) is 29.3 Å². The number of piperidine rings is 1. The van der Waals surface area contributed by atoms with Crippen LogP contribution in [0.2, 0.25) is 0 Å². The van der Waals surface area contributed by atoms with Gasteiger partial charge in [0.05, 0.1) is 7.11 Å². The lowest BCUT2D eigenvalue weighted by Crippen LogP contribution is -2.51. The number of likely N-dealkylation sites (tertiary alicyclic amines) is 1. The van der Waals surface area contributed by atoms with Gasteiger partial charge in [-0.2, -0.15) is 0 Å². The number of carbonyl (C=O) groups is 1. The molecule has 2 aromatic rings. The summed E-state index contributed by atoms with van der Waals surface area (Å²) in [6.07, 6.45) is 4.81. The Labute approximate surface area is 191 Å². The standard InChI is InChI=1S/C27H35FN2O2/c1-27(22-10-6-11-23(28)18-22,24-12-7-13-25(24)29-26(31)32-2)21-14-16-30(17-15-21)19-20-8-4-3-5-9-20/h3-6,8-11,18,21,24-25H,7,12-17,19H2,1-2H3,(H,29,31)/t24-,25-,27-/m0/s1. The molecule has 4 nitrogen and oxygen atoms in total. The van der Waals surface area contributed by atoms with Gasteiger partial charge in [-0.25, -0.2) is 9.18 Å². The largest absolute Gasteiger partial charge is 0.453 e. The fourth-order valence-corrected chi connectivity index (χ4v) is 6.17. The first-order valence-electron chi connectivity index (χ1n) is 11.9. The Bertz CT molecular complexity index is 898. The van der Waals surface area contributed by atoms with Crippen molar-refractivity contribution in [3.05, 3.63) is 71.5 Å². The number of hydrogen-bond donors (Lipinski definition) is 1. The van der Waals surface area contributed by atoms with Crippen LogP contribution in [0.3, 0.4) is 0 Å². The van der Waals surface area contributed by atoms with Gasteiger partial charge in [-0.3, -0.25) is 4.90 Å². The lowest BCUT2D eigenvalue weighted by atomic mass is 9.59. The summed E-state index contributed by atoms with van der Waals surface area (Å²) in [4.78, 5) is 14.5. The summed E-state index contributed by atoms with van der Waals surface area (Å²) in [5.41, 5.74) is 2.20. The Morgan fingerprint density at radius 1 is 1.09 bits per heavy atom. The maximum atomic E-state index is 14.3. The summed E-state index contributed by atoms with van der Waals surface area (Å²) in [6.45, 7) is 5.35. The molecule has 1 heterocycles. The summed E-state index contributed by atoms with van der Waals surface area (Å²) in [7, 11) is 1.41. The van der Waals surface area contributed by atoms with E-state index in [1.165, 1.54) is 18.7 Å². The molecule has 1 N–H and O–H groups in total. The van der Waals surface area contributed by atoms with E-state index < -0.39 is 0 Å². The molecule has 0 radical (unpaired) electrons. The molecule has 0 spiro atoms. The van der Waals surface area contributed by atoms with Crippen molar-refractivity contribution in [1.29, 1.82) is 0 Å². The predicted octanol–water partition coefficient (Wildman–Crippen LogP) is 5.52. The van der Waals surface area contributed by atoms with Gasteiger partial charge in [-0.05, 0) is 73.9 Å². The van der Waals surface area contributed by atoms with Gasteiger partial charge in [0.25, 0.3) is 0 Å². The molecular weight excluding hydrogens is 403 g/mol. The maximum Gasteiger partial charge on any atom is 0.407 e. The van der Waals surface area contributed by atoms with E-state index in [4.69, 9.17) is 4.74 Å². The Hall–Kier alpha value is -2.40. The molecule has 0 aromatic heterocycles. The highest BCUT2D eigenvalue weighted by Gasteiger charge is 2.48. The van der Waals surface area contributed by atoms with Gasteiger partial charge in [-0.15, -0.1) is 0 Å². The second kappa shape index (κ2) is 10.0. The molecule has 5 heteroatoms. The minimum absolute atomic E-state index is 0.0538. The normalized spacial score (nSPS) is 24.1. The number of ether oxygens (including phenoxy) is 1. The third kappa shape index (κ3) is 4.83. The number of rotatable bonds is 6. The van der Waals surface area contributed by atoms with Gasteiger partial charge in [0.1, 0.15) is 5.82 Å². The number of nitrogens with one attached hydrogen (secondary N) is 1. The average Bonchev–Trinajstić information content (AvgIpc) is 3.28. The van der Waals surface area contributed by atoms with Crippen LogP contribution in [0.5, 0.6) is 0 Å². The topological polar surface area (TPSA) is 41.6 Å². The van der Waals surface area contributed by atoms with Crippen LogP contribution in [0.1, 0.15) is 50.2 Å². The molecule has 1 saturated heterocycles. The minimum Gasteiger partial charge on any atom is -0.453 e. The van der Waals surface area contributed by atoms with E-state index in [1.54, 1.807) is 6.07 Å². The highest BCUT2D eigenvalue weighted by molar-refractivity contribution is 5.67. The van der Waals surface area contributed by atoms with Gasteiger partial charge in [0.15, 0.2) is 0 Å². The molecule has 32 heavy (non-hydrogen) atoms. The molecule has 2 aromatic carbocycles. The van der Waals surface area contributed by atoms with Crippen LogP contribution in [0.15, 0.2) is 54.6 Å². The Balaban J connectivity index is 1.56. The zero-order valence-corrected chi connectivity index (χ0v) is 19.2. The smallest absolute Gasteiger partial charge is 0.407 e. The van der Waals surface area contributed by atoms with Crippen molar-refractivity contribution in [1.82, 2.24) is 10.2 Å². The fraction of sp³-hybridized carbons (Fsp3) is 0.519. The molecule has 0 unspecified atom stereocenters. The van der Waals surface area contributed by atoms with Gasteiger partial charge in [0, 0.05) is 18.0 Å². The number of carbonyl (C=O) groups excluding carboxylic acids is 1. The highest BCUT2D eigenvalue weighted by atomic mass is 19.1. The molecule has 1 aliphatic heterocycles. The van der Waals surface area contributed by atoms with Crippen molar-refractivity contribution >= 4 is 6.09 Å². The van der Waals surface area contributed by atoms with Crippen LogP contribution >= 0.6 is 0 Å². The number of amides is 1. The van der Waals surface area contributed by atoms with E-state index in [2.05, 4.69) is 53.5 Å². The molecule has 1 aliphatic carbocycles. The molecule has 3 atom stereocenters. The average molecular weight is 439 g/mol. The zero-order valence-electron chi connectivity index (χ0n) is 19.2. The van der Waals surface area contributed by atoms with Crippen molar-refractivity contribution in [3.63, 3.8) is 0 Å². The van der Waals surface area contributed by atoms with Crippen molar-refractivity contribution in [2.24, 2.45) is 11.8 Å². The molecule has 0 bridgehead atoms. The molecular formula is C27H35FN2O2. The fourth-order valence-electron chi connectivity index (χ4n) is 6.17. The van der Waals surface area contributed by atoms with Gasteiger partial charge >= 0.3 is 6.09 Å². The third-order valence-electron chi connectivity index (χ3n) is 7.91. The first-order chi connectivity index (χ1) is 15.5. The summed E-state index contributed by atoms with van der Waals surface area (Å²) >= 11 is 0. The van der Waals surface area contributed by atoms with Crippen LogP contribution in [-0.4, -0.2) is 37.2 Å². The third-order valence-corrected chi connectivity index (χ3v) is 7.91. The Morgan fingerprint density at radius 2 is 1.84 bits per heavy atom. The maximum absolute atomic E-state index is 14.3. The van der Waals surface area contributed by atoms with Crippen molar-refractivity contribution in [2.75, 3.05) is 20.2 Å². The first kappa shape index (κ1) is 22.8. The van der Waals surface area contributed by atoms with Gasteiger partial charge < -0.3 is 10.1 Å². The zero-order chi connectivity index (χ0) is 22.6. The minimum atomic E-state index is -0.374. The lowest BCUT2D eigenvalue weighted by Gasteiger charge is -2.48. The number of alkyl carbamates (subject to hydrolysis) is 1. The Kier molecular flexibility index (Phi) is 7.14. The van der Waals surface area contributed by atoms with Crippen LogP contribution in [-0.2, 0) is 16.7 Å². The van der Waals surface area contributed by atoms with E-state index >= 15 is 0 Å². The Morgan fingerprint density at radius 3 is 2.53 bits per heavy atom. The van der Waals surface area contributed by atoms with E-state index in [0.717, 1.165) is 57.3 Å². The molecule has 2 fully saturated rings. The van der Waals surface area contributed by atoms with Crippen LogP contribution < -0.4 is 5.32 Å². The van der Waals surface area contributed by atoms with Crippen molar-refractivity contribution in [2.45, 2.75) is 57.0 Å². The molecule has 172 valence electrons. The summed E-state index contributed by atoms with van der Waals surface area (Å²) in [5.74, 6) is 0.501. The van der Waals surface area contributed by atoms with Crippen LogP contribution in [0.4, 0.5) is 9.18 Å². The quantitative estimate of drug-likeness (QED) is 0.646. The first-order valence-corrected chi connectivity index (χ1v) is 11.9. The predicted molar refractivity (Wildman–Crippen MR) is 125 cm³/mol. The van der Waals surface area contributed by atoms with Crippen LogP contribution in [0.25, 0.3) is 0 Å². The molecule has 1 amide bonds. The van der Waals surface area contributed by atoms with E-state index in [1.807, 2.05) is 6.07 Å². The molecule has 1 saturated carbocycles.